The maximum Gasteiger partial charge on any atom is 0.0786 e. The van der Waals surface area contributed by atoms with Gasteiger partial charge in [-0.3, -0.25) is 10.1 Å². The summed E-state index contributed by atoms with van der Waals surface area (Å²) in [7, 11) is 0. The van der Waals surface area contributed by atoms with Gasteiger partial charge in [0.2, 0.25) is 0 Å². The van der Waals surface area contributed by atoms with Crippen LogP contribution in [0.3, 0.4) is 0 Å². The number of hydrogen-bond donors (Lipinski definition) is 1. The number of nitrogens with one attached hydrogen (secondary N) is 1. The highest BCUT2D eigenvalue weighted by molar-refractivity contribution is 4.49. The van der Waals surface area contributed by atoms with Gasteiger partial charge >= 0.3 is 0 Å². The highest BCUT2D eigenvalue weighted by Gasteiger charge is 2.24. The van der Waals surface area contributed by atoms with Crippen LogP contribution in [-0.2, 0) is 0 Å². The van der Waals surface area contributed by atoms with Crippen LogP contribution in [0.2, 0.25) is 0 Å². The van der Waals surface area contributed by atoms with Crippen molar-refractivity contribution in [1.29, 1.82) is 0 Å². The highest BCUT2D eigenvalue weighted by Crippen LogP contribution is 2.16. The Morgan fingerprint density at radius 1 is 0.700 bits per heavy atom. The first-order valence-electron chi connectivity index (χ1n) is 8.50. The standard InChI is InChI=1S/C16H36N.HNO2/c1-5-9-13-17(14-10-6-2,15-11-7-3)16-12-8-4;2-1-3/h5-16H2,1-4H3;1H/q+1;. The largest absolute Gasteiger partial charge is 0.324 e. The molecule has 0 aromatic carbocycles. The zero-order valence-corrected chi connectivity index (χ0v) is 14.2. The van der Waals surface area contributed by atoms with Crippen LogP contribution in [-0.4, -0.2) is 30.7 Å². The first-order chi connectivity index (χ1) is 9.66. The van der Waals surface area contributed by atoms with E-state index in [9.17, 15) is 0 Å². The number of rotatable bonds is 12. The minimum absolute atomic E-state index is 0.250. The van der Waals surface area contributed by atoms with Crippen molar-refractivity contribution >= 4 is 0 Å². The molecule has 0 aromatic heterocycles. The van der Waals surface area contributed by atoms with Gasteiger partial charge in [-0.1, -0.05) is 53.4 Å². The second-order valence-electron chi connectivity index (χ2n) is 5.73. The van der Waals surface area contributed by atoms with Crippen LogP contribution in [0, 0.1) is 10.1 Å². The summed E-state index contributed by atoms with van der Waals surface area (Å²) >= 11 is 0. The van der Waals surface area contributed by atoms with Crippen molar-refractivity contribution < 1.29 is 9.82 Å². The van der Waals surface area contributed by atoms with E-state index in [-0.39, 0.29) is 5.34 Å². The Bertz CT molecular complexity index is 161. The number of quaternary nitrogens is 1. The zero-order valence-electron chi connectivity index (χ0n) is 14.2. The summed E-state index contributed by atoms with van der Waals surface area (Å²) in [6, 6.07) is 0. The lowest BCUT2D eigenvalue weighted by Gasteiger charge is -2.39. The van der Waals surface area contributed by atoms with E-state index < -0.39 is 0 Å². The predicted octanol–water partition coefficient (Wildman–Crippen LogP) is 3.33. The van der Waals surface area contributed by atoms with Crippen LogP contribution in [0.4, 0.5) is 0 Å². The fourth-order valence-corrected chi connectivity index (χ4v) is 2.64. The molecule has 4 nitrogen and oxygen atoms in total. The van der Waals surface area contributed by atoms with Gasteiger partial charge < -0.3 is 4.48 Å². The molecule has 0 aromatic rings. The molecule has 0 aliphatic carbocycles. The normalized spacial score (nSPS) is 10.8. The summed E-state index contributed by atoms with van der Waals surface area (Å²) in [6.45, 7) is 15.0. The van der Waals surface area contributed by atoms with Gasteiger partial charge in [-0.05, 0) is 25.7 Å². The lowest BCUT2D eigenvalue weighted by molar-refractivity contribution is -0.929. The van der Waals surface area contributed by atoms with Crippen LogP contribution in [0.1, 0.15) is 79.1 Å². The smallest absolute Gasteiger partial charge is 0.0786 e. The summed E-state index contributed by atoms with van der Waals surface area (Å²) in [4.78, 5) is 8.12. The quantitative estimate of drug-likeness (QED) is 0.340. The van der Waals surface area contributed by atoms with Crippen LogP contribution >= 0.6 is 0 Å². The van der Waals surface area contributed by atoms with Gasteiger partial charge in [0.05, 0.1) is 26.2 Å². The molecular weight excluding hydrogens is 252 g/mol. The number of unbranched alkanes of at least 4 members (excludes halogenated alkanes) is 4. The van der Waals surface area contributed by atoms with Gasteiger partial charge in [-0.25, -0.2) is 0 Å². The van der Waals surface area contributed by atoms with Gasteiger partial charge in [0.15, 0.2) is 0 Å². The Morgan fingerprint density at radius 3 is 1.05 bits per heavy atom. The van der Waals surface area contributed by atoms with E-state index in [1.165, 1.54) is 82.0 Å². The van der Waals surface area contributed by atoms with Crippen LogP contribution in [0.5, 0.6) is 0 Å². The van der Waals surface area contributed by atoms with Gasteiger partial charge in [0.25, 0.3) is 0 Å². The Hall–Kier alpha value is -0.640. The number of hydrogen-bond acceptors (Lipinski definition) is 2. The molecule has 0 bridgehead atoms. The second-order valence-corrected chi connectivity index (χ2v) is 5.73. The zero-order chi connectivity index (χ0) is 15.7. The van der Waals surface area contributed by atoms with Crippen molar-refractivity contribution in [1.82, 2.24) is 0 Å². The molecule has 0 aliphatic heterocycles. The Labute approximate surface area is 126 Å². The Balaban J connectivity index is 0. The van der Waals surface area contributed by atoms with E-state index >= 15 is 0 Å². The molecule has 0 rings (SSSR count). The monoisotopic (exact) mass is 289 g/mol. The van der Waals surface area contributed by atoms with Gasteiger partial charge in [-0.15, -0.1) is 0 Å². The highest BCUT2D eigenvalue weighted by atomic mass is 16.6. The van der Waals surface area contributed by atoms with E-state index in [1.54, 1.807) is 0 Å². The molecule has 0 saturated carbocycles. The van der Waals surface area contributed by atoms with E-state index in [0.29, 0.717) is 0 Å². The third-order valence-electron chi connectivity index (χ3n) is 3.94. The van der Waals surface area contributed by atoms with Crippen molar-refractivity contribution in [2.24, 2.45) is 0 Å². The molecule has 122 valence electrons. The Kier molecular flexibility index (Phi) is 17.8. The minimum Gasteiger partial charge on any atom is -0.324 e. The van der Waals surface area contributed by atoms with E-state index in [1.807, 2.05) is 0 Å². The minimum atomic E-state index is 0.250. The van der Waals surface area contributed by atoms with E-state index in [0.717, 1.165) is 0 Å². The molecular formula is C16H37N2O2+. The first-order valence-corrected chi connectivity index (χ1v) is 8.50. The lowest BCUT2D eigenvalue weighted by atomic mass is 10.1. The molecule has 20 heavy (non-hydrogen) atoms. The molecule has 0 saturated heterocycles. The average molecular weight is 289 g/mol. The summed E-state index contributed by atoms with van der Waals surface area (Å²) in [6.07, 6.45) is 11.1. The van der Waals surface area contributed by atoms with Crippen LogP contribution in [0.15, 0.2) is 0 Å². The van der Waals surface area contributed by atoms with Crippen LogP contribution < -0.4 is 5.34 Å². The summed E-state index contributed by atoms with van der Waals surface area (Å²) in [5.74, 6) is 0. The summed E-state index contributed by atoms with van der Waals surface area (Å²) in [5, 5.41) is 8.38. The molecule has 0 spiro atoms. The molecule has 0 aliphatic rings. The van der Waals surface area contributed by atoms with E-state index in [4.69, 9.17) is 10.1 Å². The van der Waals surface area contributed by atoms with Crippen molar-refractivity contribution in [3.63, 3.8) is 0 Å². The second kappa shape index (κ2) is 16.4. The average Bonchev–Trinajstić information content (AvgIpc) is 2.46. The third-order valence-corrected chi connectivity index (χ3v) is 3.94. The topological polar surface area (TPSA) is 54.1 Å². The Morgan fingerprint density at radius 2 is 0.900 bits per heavy atom. The fourth-order valence-electron chi connectivity index (χ4n) is 2.64. The maximum atomic E-state index is 8.12. The fraction of sp³-hybridized carbons (Fsp3) is 1.00. The molecule has 4 heteroatoms. The van der Waals surface area contributed by atoms with Gasteiger partial charge in [0, 0.05) is 5.34 Å². The van der Waals surface area contributed by atoms with Crippen molar-refractivity contribution in [3.05, 3.63) is 10.1 Å². The molecule has 0 heterocycles. The SMILES string of the molecule is CCCC[N+](CCCC)(CCCC)CCCC.O=[NH+][O-]. The molecule has 0 atom stereocenters. The molecule has 0 radical (unpaired) electrons. The van der Waals surface area contributed by atoms with Crippen molar-refractivity contribution in [3.8, 4) is 0 Å². The van der Waals surface area contributed by atoms with E-state index in [2.05, 4.69) is 27.7 Å². The van der Waals surface area contributed by atoms with Crippen molar-refractivity contribution in [2.45, 2.75) is 79.1 Å². The van der Waals surface area contributed by atoms with Crippen LogP contribution in [0.25, 0.3) is 0 Å². The maximum absolute atomic E-state index is 8.12. The molecule has 1 N–H and O–H groups in total. The first kappa shape index (κ1) is 21.7. The summed E-state index contributed by atoms with van der Waals surface area (Å²) < 4.78 is 1.42. The molecule has 0 amide bonds. The predicted molar refractivity (Wildman–Crippen MR) is 87.1 cm³/mol. The van der Waals surface area contributed by atoms with Gasteiger partial charge in [-0.2, -0.15) is 0 Å². The number of nitrogens with zero attached hydrogens (tertiary/aromatic N) is 1. The molecule has 0 fully saturated rings. The lowest BCUT2D eigenvalue weighted by Crippen LogP contribution is -2.53. The van der Waals surface area contributed by atoms with Crippen molar-refractivity contribution in [2.75, 3.05) is 26.2 Å². The third kappa shape index (κ3) is 12.4. The summed E-state index contributed by atoms with van der Waals surface area (Å²) in [5.41, 5.74) is 0. The molecule has 0 unspecified atom stereocenters. The van der Waals surface area contributed by atoms with Gasteiger partial charge in [0.1, 0.15) is 0 Å².